The van der Waals surface area contributed by atoms with Crippen molar-refractivity contribution in [3.63, 3.8) is 0 Å². The number of hydrogen-bond acceptors (Lipinski definition) is 5. The average molecular weight is 308 g/mol. The van der Waals surface area contributed by atoms with Crippen molar-refractivity contribution in [3.05, 3.63) is 11.6 Å². The maximum Gasteiger partial charge on any atom is 0.222 e. The maximum absolute atomic E-state index is 11.9. The van der Waals surface area contributed by atoms with Crippen molar-refractivity contribution in [2.45, 2.75) is 37.5 Å². The summed E-state index contributed by atoms with van der Waals surface area (Å²) in [7, 11) is 1.65. The Morgan fingerprint density at radius 2 is 2.14 bits per heavy atom. The molecule has 1 atom stereocenters. The van der Waals surface area contributed by atoms with Crippen LogP contribution in [0.4, 0.5) is 0 Å². The molecular weight excluding hydrogens is 284 g/mol. The number of aromatic amines is 1. The summed E-state index contributed by atoms with van der Waals surface area (Å²) in [6, 6.07) is 0. The van der Waals surface area contributed by atoms with E-state index in [0.29, 0.717) is 32.0 Å². The molecule has 1 aromatic rings. The predicted molar refractivity (Wildman–Crippen MR) is 79.6 cm³/mol. The Balaban J connectivity index is 1.63. The van der Waals surface area contributed by atoms with E-state index in [2.05, 4.69) is 10.2 Å². The fourth-order valence-electron chi connectivity index (χ4n) is 3.17. The van der Waals surface area contributed by atoms with E-state index in [9.17, 15) is 4.79 Å². The predicted octanol–water partition coefficient (Wildman–Crippen LogP) is 1.05. The molecule has 0 bridgehead atoms. The van der Waals surface area contributed by atoms with Crippen LogP contribution in [0.5, 0.6) is 0 Å². The van der Waals surface area contributed by atoms with Gasteiger partial charge in [-0.05, 0) is 19.3 Å². The molecule has 7 nitrogen and oxygen atoms in total. The molecule has 7 heteroatoms. The van der Waals surface area contributed by atoms with Gasteiger partial charge in [-0.15, -0.1) is 0 Å². The molecular formula is C15H24N4O3. The Labute approximate surface area is 130 Å². The number of rotatable bonds is 5. The minimum atomic E-state index is 0.202. The second-order valence-electron chi connectivity index (χ2n) is 6.03. The molecule has 1 N–H and O–H groups in total. The smallest absolute Gasteiger partial charge is 0.222 e. The molecule has 0 aromatic carbocycles. The van der Waals surface area contributed by atoms with Crippen LogP contribution < -0.4 is 0 Å². The Hall–Kier alpha value is -1.47. The van der Waals surface area contributed by atoms with Crippen molar-refractivity contribution < 1.29 is 14.3 Å². The van der Waals surface area contributed by atoms with Gasteiger partial charge >= 0.3 is 0 Å². The van der Waals surface area contributed by atoms with E-state index in [0.717, 1.165) is 44.1 Å². The lowest BCUT2D eigenvalue weighted by Crippen LogP contribution is -2.41. The largest absolute Gasteiger partial charge is 0.383 e. The number of carbonyl (C=O) groups is 1. The van der Waals surface area contributed by atoms with Crippen molar-refractivity contribution >= 4 is 5.91 Å². The quantitative estimate of drug-likeness (QED) is 0.879. The average Bonchev–Trinajstić information content (AvgIpc) is 3.05. The highest BCUT2D eigenvalue weighted by Crippen LogP contribution is 2.28. The number of H-pyrrole nitrogens is 1. The number of nitrogens with one attached hydrogen (secondary N) is 1. The van der Waals surface area contributed by atoms with Gasteiger partial charge in [0.05, 0.1) is 6.61 Å². The van der Waals surface area contributed by atoms with E-state index in [-0.39, 0.29) is 11.8 Å². The van der Waals surface area contributed by atoms with Crippen LogP contribution in [0.15, 0.2) is 0 Å². The Bertz CT molecular complexity index is 499. The molecule has 1 aromatic heterocycles. The highest BCUT2D eigenvalue weighted by atomic mass is 16.5. The third kappa shape index (κ3) is 3.47. The molecule has 0 aliphatic carbocycles. The lowest BCUT2D eigenvalue weighted by Gasteiger charge is -2.31. The normalized spacial score (nSPS) is 24.0. The summed E-state index contributed by atoms with van der Waals surface area (Å²) in [5.41, 5.74) is 0. The van der Waals surface area contributed by atoms with Gasteiger partial charge in [-0.3, -0.25) is 9.89 Å². The molecule has 3 rings (SSSR count). The second kappa shape index (κ2) is 7.19. The number of carbonyl (C=O) groups excluding carboxylic acids is 1. The van der Waals surface area contributed by atoms with Crippen molar-refractivity contribution in [2.75, 3.05) is 40.0 Å². The lowest BCUT2D eigenvalue weighted by atomic mass is 9.96. The van der Waals surface area contributed by atoms with E-state index in [4.69, 9.17) is 14.5 Å². The van der Waals surface area contributed by atoms with Crippen molar-refractivity contribution in [2.24, 2.45) is 0 Å². The van der Waals surface area contributed by atoms with Crippen molar-refractivity contribution in [3.8, 4) is 0 Å². The Kier molecular flexibility index (Phi) is 5.04. The number of aromatic nitrogens is 3. The number of piperidine rings is 1. The van der Waals surface area contributed by atoms with Gasteiger partial charge < -0.3 is 14.4 Å². The number of hydrogen-bond donors (Lipinski definition) is 1. The minimum Gasteiger partial charge on any atom is -0.383 e. The molecule has 2 aliphatic heterocycles. The first-order valence-corrected chi connectivity index (χ1v) is 8.04. The molecule has 0 spiro atoms. The number of ether oxygens (including phenoxy) is 2. The first-order chi connectivity index (χ1) is 10.8. The monoisotopic (exact) mass is 308 g/mol. The zero-order valence-electron chi connectivity index (χ0n) is 13.1. The van der Waals surface area contributed by atoms with Crippen LogP contribution in [0.2, 0.25) is 0 Å². The molecule has 1 amide bonds. The van der Waals surface area contributed by atoms with Crippen molar-refractivity contribution in [1.82, 2.24) is 20.1 Å². The first-order valence-electron chi connectivity index (χ1n) is 8.04. The van der Waals surface area contributed by atoms with Gasteiger partial charge in [0, 0.05) is 51.7 Å². The van der Waals surface area contributed by atoms with E-state index >= 15 is 0 Å². The van der Waals surface area contributed by atoms with Crippen LogP contribution in [-0.2, 0) is 14.3 Å². The van der Waals surface area contributed by atoms with E-state index < -0.39 is 0 Å². The fraction of sp³-hybridized carbons (Fsp3) is 0.800. The topological polar surface area (TPSA) is 80.3 Å². The van der Waals surface area contributed by atoms with E-state index in [1.54, 1.807) is 7.11 Å². The highest BCUT2D eigenvalue weighted by molar-refractivity contribution is 5.77. The number of nitrogens with zero attached hydrogens (tertiary/aromatic N) is 3. The van der Waals surface area contributed by atoms with E-state index in [1.807, 2.05) is 4.90 Å². The number of methoxy groups -OCH3 is 1. The van der Waals surface area contributed by atoms with Gasteiger partial charge in [-0.1, -0.05) is 0 Å². The van der Waals surface area contributed by atoms with Gasteiger partial charge in [0.25, 0.3) is 0 Å². The van der Waals surface area contributed by atoms with Gasteiger partial charge in [0.1, 0.15) is 5.82 Å². The SMILES string of the molecule is COCCN1C[C@@H](c2n[nH]c(C3CCOCC3)n2)CCC1=O. The fourth-order valence-corrected chi connectivity index (χ4v) is 3.17. The maximum atomic E-state index is 11.9. The Morgan fingerprint density at radius 1 is 1.32 bits per heavy atom. The molecule has 2 aliphatic rings. The molecule has 2 saturated heterocycles. The summed E-state index contributed by atoms with van der Waals surface area (Å²) in [4.78, 5) is 18.5. The minimum absolute atomic E-state index is 0.202. The third-order valence-corrected chi connectivity index (χ3v) is 4.56. The van der Waals surface area contributed by atoms with Gasteiger partial charge in [0.2, 0.25) is 5.91 Å². The van der Waals surface area contributed by atoms with Crippen LogP contribution in [0.3, 0.4) is 0 Å². The molecule has 122 valence electrons. The Morgan fingerprint density at radius 3 is 2.91 bits per heavy atom. The summed E-state index contributed by atoms with van der Waals surface area (Å²) < 4.78 is 10.5. The lowest BCUT2D eigenvalue weighted by molar-refractivity contribution is -0.134. The molecule has 22 heavy (non-hydrogen) atoms. The van der Waals surface area contributed by atoms with Crippen LogP contribution in [0.25, 0.3) is 0 Å². The summed E-state index contributed by atoms with van der Waals surface area (Å²) in [5.74, 6) is 2.66. The zero-order chi connectivity index (χ0) is 15.4. The molecule has 0 radical (unpaired) electrons. The first kappa shape index (κ1) is 15.4. The molecule has 0 unspecified atom stereocenters. The summed E-state index contributed by atoms with van der Waals surface area (Å²) in [6.45, 7) is 3.49. The molecule has 3 heterocycles. The number of likely N-dealkylation sites (tertiary alicyclic amines) is 1. The van der Waals surface area contributed by atoms with Crippen LogP contribution in [0, 0.1) is 0 Å². The van der Waals surface area contributed by atoms with Crippen LogP contribution in [-0.4, -0.2) is 66.0 Å². The van der Waals surface area contributed by atoms with Crippen LogP contribution in [0.1, 0.15) is 49.2 Å². The summed E-state index contributed by atoms with van der Waals surface area (Å²) in [6.07, 6.45) is 3.39. The van der Waals surface area contributed by atoms with E-state index in [1.165, 1.54) is 0 Å². The second-order valence-corrected chi connectivity index (χ2v) is 6.03. The highest BCUT2D eigenvalue weighted by Gasteiger charge is 2.29. The van der Waals surface area contributed by atoms with Gasteiger partial charge in [-0.2, -0.15) is 5.10 Å². The van der Waals surface area contributed by atoms with Gasteiger partial charge in [-0.25, -0.2) is 4.98 Å². The number of amides is 1. The standard InChI is InChI=1S/C15H24N4O3/c1-21-9-6-19-10-12(2-3-13(19)20)15-16-14(17-18-15)11-4-7-22-8-5-11/h11-12H,2-10H2,1H3,(H,16,17,18)/t12-/m0/s1. The molecule has 2 fully saturated rings. The summed E-state index contributed by atoms with van der Waals surface area (Å²) >= 11 is 0. The van der Waals surface area contributed by atoms with Crippen LogP contribution >= 0.6 is 0 Å². The zero-order valence-corrected chi connectivity index (χ0v) is 13.1. The molecule has 0 saturated carbocycles. The van der Waals surface area contributed by atoms with Crippen molar-refractivity contribution in [1.29, 1.82) is 0 Å². The van der Waals surface area contributed by atoms with Gasteiger partial charge in [0.15, 0.2) is 5.82 Å². The summed E-state index contributed by atoms with van der Waals surface area (Å²) in [5, 5.41) is 7.51. The third-order valence-electron chi connectivity index (χ3n) is 4.56.